The van der Waals surface area contributed by atoms with Crippen LogP contribution in [-0.4, -0.2) is 75.8 Å². The Labute approximate surface area is 190 Å². The Kier molecular flexibility index (Phi) is 6.09. The quantitative estimate of drug-likeness (QED) is 0.644. The van der Waals surface area contributed by atoms with E-state index < -0.39 is 49.2 Å². The number of piperazine rings is 1. The molecule has 2 heterocycles. The van der Waals surface area contributed by atoms with Crippen molar-refractivity contribution in [1.82, 2.24) is 15.5 Å². The first-order valence-corrected chi connectivity index (χ1v) is 12.4. The third-order valence-electron chi connectivity index (χ3n) is 6.62. The van der Waals surface area contributed by atoms with Crippen LogP contribution in [0.3, 0.4) is 0 Å². The lowest BCUT2D eigenvalue weighted by molar-refractivity contribution is -0.139. The number of amides is 1. The van der Waals surface area contributed by atoms with Gasteiger partial charge in [0, 0.05) is 38.4 Å². The van der Waals surface area contributed by atoms with Gasteiger partial charge in [-0.05, 0) is 44.5 Å². The molecule has 33 heavy (non-hydrogen) atoms. The molecule has 2 aliphatic heterocycles. The second-order valence-electron chi connectivity index (χ2n) is 9.02. The van der Waals surface area contributed by atoms with Crippen LogP contribution in [0.2, 0.25) is 0 Å². The normalized spacial score (nSPS) is 25.5. The minimum absolute atomic E-state index is 0.141. The fraction of sp³-hybridized carbons (Fsp3) is 0.619. The highest BCUT2D eigenvalue weighted by molar-refractivity contribution is 7.92. The van der Waals surface area contributed by atoms with E-state index in [0.29, 0.717) is 44.7 Å². The van der Waals surface area contributed by atoms with Crippen LogP contribution in [0.5, 0.6) is 0 Å². The highest BCUT2D eigenvalue weighted by atomic mass is 32.2. The standard InChI is InChI=1S/C21H26F3N5O3S/c1-28-6-8-29(9-7-28)14-2-3-18(16(10-14)21(22,23)24)33(31,32)15-11-17(26-12-15)19(30)27-20(13-25)4-5-20/h2-3,10,15,17,26H,4-9,11-12H2,1H3,(H,27,30)/t15-,17+/m1/s1. The van der Waals surface area contributed by atoms with E-state index >= 15 is 0 Å². The Hall–Kier alpha value is -2.36. The number of benzene rings is 1. The van der Waals surface area contributed by atoms with Crippen molar-refractivity contribution in [3.8, 4) is 6.07 Å². The Bertz CT molecular complexity index is 1070. The van der Waals surface area contributed by atoms with Crippen LogP contribution < -0.4 is 15.5 Å². The molecule has 1 aromatic rings. The average Bonchev–Trinajstić information content (AvgIpc) is 3.34. The molecule has 1 aromatic carbocycles. The molecule has 4 rings (SSSR count). The van der Waals surface area contributed by atoms with E-state index in [2.05, 4.69) is 15.5 Å². The molecule has 0 aromatic heterocycles. The third kappa shape index (κ3) is 4.81. The Balaban J connectivity index is 1.55. The van der Waals surface area contributed by atoms with E-state index in [1.807, 2.05) is 18.0 Å². The molecular formula is C21H26F3N5O3S. The Morgan fingerprint density at radius 3 is 2.48 bits per heavy atom. The number of nitriles is 1. The second-order valence-corrected chi connectivity index (χ2v) is 11.2. The first-order valence-electron chi connectivity index (χ1n) is 10.8. The molecule has 0 spiro atoms. The smallest absolute Gasteiger partial charge is 0.369 e. The van der Waals surface area contributed by atoms with Gasteiger partial charge in [0.1, 0.15) is 5.54 Å². The number of hydrogen-bond donors (Lipinski definition) is 2. The summed E-state index contributed by atoms with van der Waals surface area (Å²) in [4.78, 5) is 15.5. The molecule has 8 nitrogen and oxygen atoms in total. The summed E-state index contributed by atoms with van der Waals surface area (Å²) < 4.78 is 68.2. The van der Waals surface area contributed by atoms with Crippen LogP contribution in [0.15, 0.2) is 23.1 Å². The van der Waals surface area contributed by atoms with Gasteiger partial charge in [0.2, 0.25) is 5.91 Å². The summed E-state index contributed by atoms with van der Waals surface area (Å²) in [5.41, 5.74) is -1.76. The van der Waals surface area contributed by atoms with Crippen LogP contribution in [0.4, 0.5) is 18.9 Å². The minimum atomic E-state index is -4.85. The van der Waals surface area contributed by atoms with Gasteiger partial charge in [-0.15, -0.1) is 0 Å². The topological polar surface area (TPSA) is 106 Å². The summed E-state index contributed by atoms with van der Waals surface area (Å²) in [6.45, 7) is 2.36. The zero-order valence-corrected chi connectivity index (χ0v) is 19.0. The number of anilines is 1. The predicted molar refractivity (Wildman–Crippen MR) is 114 cm³/mol. The highest BCUT2D eigenvalue weighted by Gasteiger charge is 2.48. The molecule has 0 radical (unpaired) electrons. The maximum absolute atomic E-state index is 13.9. The number of hydrogen-bond acceptors (Lipinski definition) is 7. The number of carbonyl (C=O) groups excluding carboxylic acids is 1. The lowest BCUT2D eigenvalue weighted by Crippen LogP contribution is -2.45. The van der Waals surface area contributed by atoms with E-state index in [1.54, 1.807) is 0 Å². The van der Waals surface area contributed by atoms with E-state index in [0.717, 1.165) is 12.1 Å². The molecule has 0 unspecified atom stereocenters. The maximum Gasteiger partial charge on any atom is 0.417 e. The number of rotatable bonds is 5. The maximum atomic E-state index is 13.9. The summed E-state index contributed by atoms with van der Waals surface area (Å²) in [5.74, 6) is -0.506. The van der Waals surface area contributed by atoms with E-state index in [4.69, 9.17) is 5.26 Å². The Morgan fingerprint density at radius 2 is 1.91 bits per heavy atom. The van der Waals surface area contributed by atoms with E-state index in [9.17, 15) is 26.4 Å². The monoisotopic (exact) mass is 485 g/mol. The molecule has 180 valence electrons. The molecule has 1 amide bonds. The van der Waals surface area contributed by atoms with Gasteiger partial charge in [0.15, 0.2) is 9.84 Å². The highest BCUT2D eigenvalue weighted by Crippen LogP contribution is 2.39. The molecule has 3 fully saturated rings. The van der Waals surface area contributed by atoms with Crippen molar-refractivity contribution in [3.05, 3.63) is 23.8 Å². The largest absolute Gasteiger partial charge is 0.417 e. The number of sulfone groups is 1. The van der Waals surface area contributed by atoms with Gasteiger partial charge in [-0.2, -0.15) is 18.4 Å². The first kappa shape index (κ1) is 23.8. The number of halogens is 3. The molecule has 3 aliphatic rings. The van der Waals surface area contributed by atoms with Crippen LogP contribution in [0.25, 0.3) is 0 Å². The van der Waals surface area contributed by atoms with Gasteiger partial charge >= 0.3 is 6.18 Å². The lowest BCUT2D eigenvalue weighted by atomic mass is 10.1. The SMILES string of the molecule is CN1CCN(c2ccc(S(=O)(=O)[C@H]3CN[C@H](C(=O)NC4(C#N)CC4)C3)c(C(F)(F)F)c2)CC1. The lowest BCUT2D eigenvalue weighted by Gasteiger charge is -2.34. The molecule has 12 heteroatoms. The van der Waals surface area contributed by atoms with Gasteiger partial charge in [-0.3, -0.25) is 4.79 Å². The van der Waals surface area contributed by atoms with Crippen molar-refractivity contribution >= 4 is 21.4 Å². The molecule has 0 bridgehead atoms. The van der Waals surface area contributed by atoms with Gasteiger partial charge in [-0.25, -0.2) is 8.42 Å². The molecule has 2 saturated heterocycles. The Morgan fingerprint density at radius 1 is 1.24 bits per heavy atom. The average molecular weight is 486 g/mol. The van der Waals surface area contributed by atoms with Gasteiger partial charge < -0.3 is 20.4 Å². The van der Waals surface area contributed by atoms with E-state index in [1.165, 1.54) is 6.07 Å². The number of alkyl halides is 3. The molecular weight excluding hydrogens is 459 g/mol. The molecule has 2 atom stereocenters. The van der Waals surface area contributed by atoms with Gasteiger partial charge in [-0.1, -0.05) is 0 Å². The fourth-order valence-corrected chi connectivity index (χ4v) is 6.14. The minimum Gasteiger partial charge on any atom is -0.369 e. The van der Waals surface area contributed by atoms with Gasteiger partial charge in [0.05, 0.1) is 27.8 Å². The van der Waals surface area contributed by atoms with Crippen molar-refractivity contribution in [2.24, 2.45) is 0 Å². The zero-order valence-electron chi connectivity index (χ0n) is 18.2. The van der Waals surface area contributed by atoms with Crippen molar-refractivity contribution in [3.63, 3.8) is 0 Å². The summed E-state index contributed by atoms with van der Waals surface area (Å²) in [5, 5.41) is 13.3. The summed E-state index contributed by atoms with van der Waals surface area (Å²) >= 11 is 0. The molecule has 1 aliphatic carbocycles. The first-order chi connectivity index (χ1) is 15.4. The summed E-state index contributed by atoms with van der Waals surface area (Å²) in [6, 6.07) is 4.51. The molecule has 2 N–H and O–H groups in total. The number of likely N-dealkylation sites (N-methyl/N-ethyl adjacent to an activating group) is 1. The fourth-order valence-electron chi connectivity index (χ4n) is 4.28. The number of nitrogens with one attached hydrogen (secondary N) is 2. The van der Waals surface area contributed by atoms with Crippen molar-refractivity contribution in [1.29, 1.82) is 5.26 Å². The summed E-state index contributed by atoms with van der Waals surface area (Å²) in [7, 11) is -2.43. The van der Waals surface area contributed by atoms with Crippen LogP contribution in [-0.2, 0) is 20.8 Å². The summed E-state index contributed by atoms with van der Waals surface area (Å²) in [6.07, 6.45) is -3.96. The van der Waals surface area contributed by atoms with Crippen molar-refractivity contribution in [2.75, 3.05) is 44.7 Å². The van der Waals surface area contributed by atoms with Crippen LogP contribution in [0.1, 0.15) is 24.8 Å². The number of nitrogens with zero attached hydrogens (tertiary/aromatic N) is 3. The molecule has 1 saturated carbocycles. The zero-order chi connectivity index (χ0) is 24.0. The van der Waals surface area contributed by atoms with Crippen molar-refractivity contribution in [2.45, 2.75) is 47.2 Å². The predicted octanol–water partition coefficient (Wildman–Crippen LogP) is 1.13. The van der Waals surface area contributed by atoms with Gasteiger partial charge in [0.25, 0.3) is 0 Å². The second kappa shape index (κ2) is 8.45. The number of carbonyl (C=O) groups is 1. The third-order valence-corrected chi connectivity index (χ3v) is 8.82. The van der Waals surface area contributed by atoms with Crippen LogP contribution >= 0.6 is 0 Å². The van der Waals surface area contributed by atoms with Crippen molar-refractivity contribution < 1.29 is 26.4 Å². The van der Waals surface area contributed by atoms with E-state index in [-0.39, 0.29) is 13.0 Å². The van der Waals surface area contributed by atoms with Crippen LogP contribution in [0, 0.1) is 11.3 Å².